The quantitative estimate of drug-likeness (QED) is 0.843. The zero-order valence-corrected chi connectivity index (χ0v) is 13.1. The van der Waals surface area contributed by atoms with Gasteiger partial charge in [-0.25, -0.2) is 12.7 Å². The van der Waals surface area contributed by atoms with Gasteiger partial charge in [-0.05, 0) is 30.5 Å². The lowest BCUT2D eigenvalue weighted by molar-refractivity contribution is 0.0563. The van der Waals surface area contributed by atoms with Gasteiger partial charge in [-0.2, -0.15) is 5.26 Å². The highest BCUT2D eigenvalue weighted by Crippen LogP contribution is 2.27. The van der Waals surface area contributed by atoms with Crippen molar-refractivity contribution in [2.24, 2.45) is 5.92 Å². The zero-order valence-electron chi connectivity index (χ0n) is 12.3. The second-order valence-electron chi connectivity index (χ2n) is 5.50. The van der Waals surface area contributed by atoms with E-state index in [1.807, 2.05) is 12.1 Å². The van der Waals surface area contributed by atoms with E-state index < -0.39 is 15.3 Å². The molecule has 0 aliphatic carbocycles. The third kappa shape index (κ3) is 3.62. The minimum absolute atomic E-state index is 0.0564. The number of sulfonamides is 1. The van der Waals surface area contributed by atoms with Crippen LogP contribution in [0.3, 0.4) is 0 Å². The molecule has 2 atom stereocenters. The zero-order chi connectivity index (χ0) is 15.5. The van der Waals surface area contributed by atoms with E-state index in [-0.39, 0.29) is 5.92 Å². The molecule has 1 heterocycles. The molecule has 1 aliphatic heterocycles. The summed E-state index contributed by atoms with van der Waals surface area (Å²) >= 11 is 0. The van der Waals surface area contributed by atoms with Crippen molar-refractivity contribution in [2.75, 3.05) is 27.3 Å². The van der Waals surface area contributed by atoms with Gasteiger partial charge < -0.3 is 4.74 Å². The third-order valence-electron chi connectivity index (χ3n) is 3.88. The SMILES string of the molecule is CN(C)S(=O)(=O)[C@H]1CCOC[C@@H]1Cc1ccc(C#N)cc1. The molecule has 1 aliphatic rings. The Morgan fingerprint density at radius 3 is 2.57 bits per heavy atom. The molecule has 0 saturated carbocycles. The van der Waals surface area contributed by atoms with Crippen LogP contribution < -0.4 is 0 Å². The summed E-state index contributed by atoms with van der Waals surface area (Å²) < 4.78 is 31.6. The smallest absolute Gasteiger partial charge is 0.216 e. The second kappa shape index (κ2) is 6.56. The lowest BCUT2D eigenvalue weighted by Gasteiger charge is -2.33. The lowest BCUT2D eigenvalue weighted by atomic mass is 9.93. The molecule has 0 N–H and O–H groups in total. The molecular formula is C15H20N2O3S. The molecule has 1 fully saturated rings. The van der Waals surface area contributed by atoms with Crippen LogP contribution in [0.5, 0.6) is 0 Å². The van der Waals surface area contributed by atoms with Gasteiger partial charge in [-0.1, -0.05) is 12.1 Å². The molecule has 0 bridgehead atoms. The van der Waals surface area contributed by atoms with Gasteiger partial charge in [-0.3, -0.25) is 0 Å². The van der Waals surface area contributed by atoms with Crippen LogP contribution in [0.15, 0.2) is 24.3 Å². The molecule has 2 rings (SSSR count). The van der Waals surface area contributed by atoms with Crippen LogP contribution in [0.4, 0.5) is 0 Å². The first-order valence-electron chi connectivity index (χ1n) is 6.93. The van der Waals surface area contributed by atoms with Gasteiger partial charge in [0.1, 0.15) is 0 Å². The number of hydrogen-bond acceptors (Lipinski definition) is 4. The number of benzene rings is 1. The largest absolute Gasteiger partial charge is 0.381 e. The van der Waals surface area contributed by atoms with Gasteiger partial charge in [-0.15, -0.1) is 0 Å². The average molecular weight is 308 g/mol. The van der Waals surface area contributed by atoms with Crippen LogP contribution in [-0.2, 0) is 21.2 Å². The predicted octanol–water partition coefficient (Wildman–Crippen LogP) is 1.40. The van der Waals surface area contributed by atoms with Crippen molar-refractivity contribution in [2.45, 2.75) is 18.1 Å². The fraction of sp³-hybridized carbons (Fsp3) is 0.533. The Labute approximate surface area is 126 Å². The highest BCUT2D eigenvalue weighted by molar-refractivity contribution is 7.89. The molecule has 0 amide bonds. The van der Waals surface area contributed by atoms with Crippen molar-refractivity contribution in [3.63, 3.8) is 0 Å². The summed E-state index contributed by atoms with van der Waals surface area (Å²) in [5, 5.41) is 8.40. The van der Waals surface area contributed by atoms with Crippen LogP contribution in [0.1, 0.15) is 17.5 Å². The molecule has 6 heteroatoms. The minimum atomic E-state index is -3.28. The second-order valence-corrected chi connectivity index (χ2v) is 7.87. The minimum Gasteiger partial charge on any atom is -0.381 e. The van der Waals surface area contributed by atoms with Gasteiger partial charge >= 0.3 is 0 Å². The number of ether oxygens (including phenoxy) is 1. The Hall–Kier alpha value is -1.42. The first-order chi connectivity index (χ1) is 9.95. The van der Waals surface area contributed by atoms with E-state index >= 15 is 0 Å². The standard InChI is InChI=1S/C15H20N2O3S/c1-17(2)21(18,19)15-7-8-20-11-14(15)9-12-3-5-13(10-16)6-4-12/h3-6,14-15H,7-9,11H2,1-2H3/t14-,15-/m0/s1. The Balaban J connectivity index is 2.17. The van der Waals surface area contributed by atoms with Gasteiger partial charge in [0.15, 0.2) is 0 Å². The third-order valence-corrected chi connectivity index (χ3v) is 6.28. The molecule has 1 aromatic rings. The van der Waals surface area contributed by atoms with E-state index in [4.69, 9.17) is 10.00 Å². The number of rotatable bonds is 4. The first-order valence-corrected chi connectivity index (χ1v) is 8.43. The summed E-state index contributed by atoms with van der Waals surface area (Å²) in [6.07, 6.45) is 1.17. The molecular weight excluding hydrogens is 288 g/mol. The lowest BCUT2D eigenvalue weighted by Crippen LogP contribution is -2.44. The molecule has 114 valence electrons. The summed E-state index contributed by atoms with van der Waals surface area (Å²) in [4.78, 5) is 0. The Morgan fingerprint density at radius 2 is 2.00 bits per heavy atom. The van der Waals surface area contributed by atoms with E-state index in [0.717, 1.165) is 5.56 Å². The van der Waals surface area contributed by atoms with Crippen molar-refractivity contribution in [1.29, 1.82) is 5.26 Å². The maximum atomic E-state index is 12.4. The fourth-order valence-corrected chi connectivity index (χ4v) is 4.25. The fourth-order valence-electron chi connectivity index (χ4n) is 2.65. The van der Waals surface area contributed by atoms with Crippen LogP contribution >= 0.6 is 0 Å². The molecule has 0 spiro atoms. The summed E-state index contributed by atoms with van der Waals surface area (Å²) in [5.74, 6) is -0.0564. The topological polar surface area (TPSA) is 70.4 Å². The predicted molar refractivity (Wildman–Crippen MR) is 80.2 cm³/mol. The monoisotopic (exact) mass is 308 g/mol. The van der Waals surface area contributed by atoms with Crippen LogP contribution in [0.25, 0.3) is 0 Å². The summed E-state index contributed by atoms with van der Waals surface area (Å²) in [5.41, 5.74) is 1.64. The van der Waals surface area contributed by atoms with Crippen molar-refractivity contribution in [1.82, 2.24) is 4.31 Å². The van der Waals surface area contributed by atoms with E-state index in [0.29, 0.717) is 31.6 Å². The van der Waals surface area contributed by atoms with Crippen molar-refractivity contribution < 1.29 is 13.2 Å². The molecule has 0 aromatic heterocycles. The van der Waals surface area contributed by atoms with E-state index in [1.165, 1.54) is 4.31 Å². The maximum Gasteiger partial charge on any atom is 0.216 e. The molecule has 1 saturated heterocycles. The first kappa shape index (κ1) is 16.0. The van der Waals surface area contributed by atoms with Gasteiger partial charge in [0.2, 0.25) is 10.0 Å². The van der Waals surface area contributed by atoms with E-state index in [1.54, 1.807) is 26.2 Å². The van der Waals surface area contributed by atoms with Crippen molar-refractivity contribution in [3.05, 3.63) is 35.4 Å². The Bertz CT molecular complexity index is 617. The summed E-state index contributed by atoms with van der Waals surface area (Å²) in [6, 6.07) is 9.36. The molecule has 5 nitrogen and oxygen atoms in total. The summed E-state index contributed by atoms with van der Waals surface area (Å²) in [7, 11) is -0.135. The highest BCUT2D eigenvalue weighted by Gasteiger charge is 2.37. The molecule has 21 heavy (non-hydrogen) atoms. The highest BCUT2D eigenvalue weighted by atomic mass is 32.2. The maximum absolute atomic E-state index is 12.4. The van der Waals surface area contributed by atoms with E-state index in [2.05, 4.69) is 6.07 Å². The Morgan fingerprint density at radius 1 is 1.33 bits per heavy atom. The average Bonchev–Trinajstić information content (AvgIpc) is 2.48. The van der Waals surface area contributed by atoms with Gasteiger partial charge in [0.25, 0.3) is 0 Å². The van der Waals surface area contributed by atoms with E-state index in [9.17, 15) is 8.42 Å². The number of nitriles is 1. The van der Waals surface area contributed by atoms with Crippen molar-refractivity contribution >= 4 is 10.0 Å². The van der Waals surface area contributed by atoms with Crippen LogP contribution in [0.2, 0.25) is 0 Å². The number of hydrogen-bond donors (Lipinski definition) is 0. The number of nitrogens with zero attached hydrogens (tertiary/aromatic N) is 2. The normalized spacial score (nSPS) is 23.0. The Kier molecular flexibility index (Phi) is 4.99. The van der Waals surface area contributed by atoms with Gasteiger partial charge in [0, 0.05) is 26.6 Å². The molecule has 0 radical (unpaired) electrons. The molecule has 0 unspecified atom stereocenters. The summed E-state index contributed by atoms with van der Waals surface area (Å²) in [6.45, 7) is 0.944. The molecule has 1 aromatic carbocycles. The van der Waals surface area contributed by atoms with Gasteiger partial charge in [0.05, 0.1) is 23.5 Å². The van der Waals surface area contributed by atoms with Crippen molar-refractivity contribution in [3.8, 4) is 6.07 Å². The van der Waals surface area contributed by atoms with Crippen LogP contribution in [-0.4, -0.2) is 45.3 Å². The van der Waals surface area contributed by atoms with Crippen LogP contribution in [0, 0.1) is 17.2 Å².